The van der Waals surface area contributed by atoms with Gasteiger partial charge in [0.1, 0.15) is 0 Å². The summed E-state index contributed by atoms with van der Waals surface area (Å²) in [6.45, 7) is 2.66. The highest BCUT2D eigenvalue weighted by atomic mass is 16.5. The summed E-state index contributed by atoms with van der Waals surface area (Å²) in [7, 11) is 0. The summed E-state index contributed by atoms with van der Waals surface area (Å²) in [6.07, 6.45) is 7.50. The molecule has 1 rings (SSSR count). The van der Waals surface area contributed by atoms with Gasteiger partial charge in [0.05, 0.1) is 13.2 Å². The maximum absolute atomic E-state index is 11.3. The quantitative estimate of drug-likeness (QED) is 0.549. The molecule has 3 heteroatoms. The Morgan fingerprint density at radius 1 is 1.50 bits per heavy atom. The average Bonchev–Trinajstić information content (AvgIpc) is 2.15. The van der Waals surface area contributed by atoms with Crippen LogP contribution in [0.3, 0.4) is 0 Å². The molecule has 1 fully saturated rings. The minimum atomic E-state index is 0.109. The fourth-order valence-corrected chi connectivity index (χ4v) is 1.14. The van der Waals surface area contributed by atoms with Crippen LogP contribution in [0.1, 0.15) is 12.8 Å². The summed E-state index contributed by atoms with van der Waals surface area (Å²) in [6, 6.07) is 0. The van der Waals surface area contributed by atoms with Gasteiger partial charge in [0.15, 0.2) is 0 Å². The Morgan fingerprint density at radius 2 is 2.17 bits per heavy atom. The Labute approximate surface area is 72.7 Å². The zero-order chi connectivity index (χ0) is 8.81. The predicted octanol–water partition coefficient (Wildman–Crippen LogP) is 0.215. The first-order valence-corrected chi connectivity index (χ1v) is 4.09. The standard InChI is InChI=1S/C9H12NO2/c1-2-3-4-9(11)10-5-7-12-8-6-10/h3-8H2. The molecule has 3 nitrogen and oxygen atoms in total. The normalized spacial score (nSPS) is 17.1. The molecule has 1 aliphatic heterocycles. The van der Waals surface area contributed by atoms with Crippen molar-refractivity contribution in [1.82, 2.24) is 4.90 Å². The first-order chi connectivity index (χ1) is 5.84. The van der Waals surface area contributed by atoms with E-state index in [1.807, 2.05) is 0 Å². The van der Waals surface area contributed by atoms with Crippen LogP contribution in [-0.2, 0) is 9.53 Å². The van der Waals surface area contributed by atoms with Gasteiger partial charge in [0, 0.05) is 25.9 Å². The zero-order valence-corrected chi connectivity index (χ0v) is 7.01. The minimum Gasteiger partial charge on any atom is -0.378 e. The molecule has 0 atom stereocenters. The molecule has 0 aromatic carbocycles. The summed E-state index contributed by atoms with van der Waals surface area (Å²) in [5.41, 5.74) is 0. The molecule has 1 amide bonds. The van der Waals surface area contributed by atoms with E-state index in [0.717, 1.165) is 0 Å². The molecular formula is C9H12NO2. The highest BCUT2D eigenvalue weighted by Gasteiger charge is 2.15. The third-order valence-corrected chi connectivity index (χ3v) is 1.83. The van der Waals surface area contributed by atoms with Gasteiger partial charge in [0.2, 0.25) is 5.91 Å². The molecule has 12 heavy (non-hydrogen) atoms. The minimum absolute atomic E-state index is 0.109. The van der Waals surface area contributed by atoms with Crippen LogP contribution in [0.15, 0.2) is 0 Å². The van der Waals surface area contributed by atoms with Crippen LogP contribution < -0.4 is 0 Å². The molecule has 0 N–H and O–H groups in total. The highest BCUT2D eigenvalue weighted by molar-refractivity contribution is 5.76. The summed E-state index contributed by atoms with van der Waals surface area (Å²) < 4.78 is 5.11. The fourth-order valence-electron chi connectivity index (χ4n) is 1.14. The molecule has 0 unspecified atom stereocenters. The number of hydrogen-bond donors (Lipinski definition) is 0. The van der Waals surface area contributed by atoms with Crippen LogP contribution in [0.5, 0.6) is 0 Å². The molecule has 0 spiro atoms. The Morgan fingerprint density at radius 3 is 2.75 bits per heavy atom. The average molecular weight is 166 g/mol. The van der Waals surface area contributed by atoms with Crippen LogP contribution in [0.4, 0.5) is 0 Å². The number of carbonyl (C=O) groups is 1. The summed E-state index contributed by atoms with van der Waals surface area (Å²) in [4.78, 5) is 13.1. The molecular weight excluding hydrogens is 154 g/mol. The van der Waals surface area contributed by atoms with Crippen molar-refractivity contribution in [1.29, 1.82) is 0 Å². The summed E-state index contributed by atoms with van der Waals surface area (Å²) >= 11 is 0. The Balaban J connectivity index is 2.26. The molecule has 0 aromatic rings. The van der Waals surface area contributed by atoms with Gasteiger partial charge in [-0.1, -0.05) is 5.92 Å². The van der Waals surface area contributed by atoms with E-state index >= 15 is 0 Å². The van der Waals surface area contributed by atoms with Gasteiger partial charge in [-0.2, -0.15) is 0 Å². The summed E-state index contributed by atoms with van der Waals surface area (Å²) in [5.74, 6) is 2.32. The fraction of sp³-hybridized carbons (Fsp3) is 0.667. The van der Waals surface area contributed by atoms with Crippen LogP contribution in [-0.4, -0.2) is 37.1 Å². The Hall–Kier alpha value is -1.01. The number of morpholine rings is 1. The number of ether oxygens (including phenoxy) is 1. The third kappa shape index (κ3) is 2.55. The molecule has 1 heterocycles. The van der Waals surface area contributed by atoms with Gasteiger partial charge in [-0.05, 0) is 6.42 Å². The van der Waals surface area contributed by atoms with Crippen molar-refractivity contribution in [2.45, 2.75) is 12.8 Å². The molecule has 0 bridgehead atoms. The van der Waals surface area contributed by atoms with Gasteiger partial charge in [-0.15, -0.1) is 0 Å². The van der Waals surface area contributed by atoms with E-state index in [2.05, 4.69) is 5.92 Å². The highest BCUT2D eigenvalue weighted by Crippen LogP contribution is 2.01. The monoisotopic (exact) mass is 166 g/mol. The van der Waals surface area contributed by atoms with E-state index in [0.29, 0.717) is 39.1 Å². The molecule has 1 aliphatic rings. The van der Waals surface area contributed by atoms with Crippen molar-refractivity contribution in [3.63, 3.8) is 0 Å². The van der Waals surface area contributed by atoms with Crippen LogP contribution in [0, 0.1) is 12.3 Å². The van der Waals surface area contributed by atoms with Crippen molar-refractivity contribution >= 4 is 5.91 Å². The van der Waals surface area contributed by atoms with E-state index in [1.165, 1.54) is 0 Å². The van der Waals surface area contributed by atoms with Gasteiger partial charge in [-0.3, -0.25) is 4.79 Å². The lowest BCUT2D eigenvalue weighted by atomic mass is 10.2. The van der Waals surface area contributed by atoms with Gasteiger partial charge < -0.3 is 9.64 Å². The second-order valence-corrected chi connectivity index (χ2v) is 2.67. The van der Waals surface area contributed by atoms with Crippen molar-refractivity contribution in [2.75, 3.05) is 26.3 Å². The number of hydrogen-bond acceptors (Lipinski definition) is 2. The van der Waals surface area contributed by atoms with E-state index in [1.54, 1.807) is 4.90 Å². The molecule has 65 valence electrons. The zero-order valence-electron chi connectivity index (χ0n) is 7.01. The van der Waals surface area contributed by atoms with E-state index in [4.69, 9.17) is 11.2 Å². The molecule has 1 radical (unpaired) electrons. The maximum Gasteiger partial charge on any atom is 0.223 e. The van der Waals surface area contributed by atoms with E-state index in [9.17, 15) is 4.79 Å². The summed E-state index contributed by atoms with van der Waals surface area (Å²) in [5, 5.41) is 0. The molecule has 0 saturated carbocycles. The first kappa shape index (κ1) is 9.08. The van der Waals surface area contributed by atoms with Gasteiger partial charge >= 0.3 is 0 Å². The molecule has 0 aliphatic carbocycles. The smallest absolute Gasteiger partial charge is 0.223 e. The van der Waals surface area contributed by atoms with Crippen LogP contribution >= 0.6 is 0 Å². The number of nitrogens with zero attached hydrogens (tertiary/aromatic N) is 1. The second kappa shape index (κ2) is 4.78. The molecule has 1 saturated heterocycles. The Bertz CT molecular complexity index is 189. The number of amides is 1. The van der Waals surface area contributed by atoms with Gasteiger partial charge in [0.25, 0.3) is 0 Å². The van der Waals surface area contributed by atoms with Gasteiger partial charge in [-0.25, -0.2) is 0 Å². The number of carbonyl (C=O) groups excluding carboxylic acids is 1. The van der Waals surface area contributed by atoms with Crippen LogP contribution in [0.2, 0.25) is 0 Å². The third-order valence-electron chi connectivity index (χ3n) is 1.83. The van der Waals surface area contributed by atoms with E-state index in [-0.39, 0.29) is 5.91 Å². The van der Waals surface area contributed by atoms with E-state index < -0.39 is 0 Å². The van der Waals surface area contributed by atoms with Crippen molar-refractivity contribution in [2.24, 2.45) is 0 Å². The first-order valence-electron chi connectivity index (χ1n) is 4.09. The predicted molar refractivity (Wildman–Crippen MR) is 43.8 cm³/mol. The maximum atomic E-state index is 11.3. The molecule has 0 aromatic heterocycles. The second-order valence-electron chi connectivity index (χ2n) is 2.67. The van der Waals surface area contributed by atoms with Crippen molar-refractivity contribution in [3.8, 4) is 5.92 Å². The SMILES string of the molecule is [C]#CCCC(=O)N1CCOCC1. The van der Waals surface area contributed by atoms with Crippen molar-refractivity contribution in [3.05, 3.63) is 6.42 Å². The number of rotatable bonds is 2. The lowest BCUT2D eigenvalue weighted by molar-refractivity contribution is -0.135. The van der Waals surface area contributed by atoms with Crippen molar-refractivity contribution < 1.29 is 9.53 Å². The largest absolute Gasteiger partial charge is 0.378 e. The topological polar surface area (TPSA) is 29.5 Å². The van der Waals surface area contributed by atoms with Crippen LogP contribution in [0.25, 0.3) is 0 Å². The lowest BCUT2D eigenvalue weighted by Crippen LogP contribution is -2.40. The Kier molecular flexibility index (Phi) is 3.62. The lowest BCUT2D eigenvalue weighted by Gasteiger charge is -2.26.